The quantitative estimate of drug-likeness (QED) is 0.599. The number of hydrogen-bond donors (Lipinski definition) is 0. The van der Waals surface area contributed by atoms with Gasteiger partial charge in [-0.3, -0.25) is 4.79 Å². The zero-order valence-electron chi connectivity index (χ0n) is 10.7. The Hall–Kier alpha value is -2.40. The molecular weight excluding hydrogens is 278 g/mol. The van der Waals surface area contributed by atoms with E-state index in [4.69, 9.17) is 5.26 Å². The molecule has 0 fully saturated rings. The van der Waals surface area contributed by atoms with E-state index in [9.17, 15) is 4.79 Å². The Morgan fingerprint density at radius 3 is 3.20 bits per heavy atom. The van der Waals surface area contributed by atoms with Crippen LogP contribution in [0.5, 0.6) is 0 Å². The minimum atomic E-state index is -0.377. The number of rotatable bonds is 5. The lowest BCUT2D eigenvalue weighted by Gasteiger charge is -1.98. The van der Waals surface area contributed by atoms with Crippen molar-refractivity contribution in [1.82, 2.24) is 20.0 Å². The molecule has 102 valence electrons. The molecule has 8 heteroatoms. The van der Waals surface area contributed by atoms with Gasteiger partial charge in [-0.05, 0) is 12.1 Å². The summed E-state index contributed by atoms with van der Waals surface area (Å²) in [6.07, 6.45) is 3.27. The molecule has 0 amide bonds. The molecule has 0 aliphatic carbocycles. The zero-order chi connectivity index (χ0) is 14.4. The summed E-state index contributed by atoms with van der Waals surface area (Å²) in [5.74, 6) is 0.181. The molecule has 2 aromatic heterocycles. The summed E-state index contributed by atoms with van der Waals surface area (Å²) in [6.45, 7) is 0.0380. The number of carbonyl (C=O) groups excluding carboxylic acids is 1. The number of hydrogen-bond acceptors (Lipinski definition) is 7. The van der Waals surface area contributed by atoms with Crippen LogP contribution < -0.4 is 0 Å². The van der Waals surface area contributed by atoms with Gasteiger partial charge in [0.25, 0.3) is 0 Å². The van der Waals surface area contributed by atoms with Crippen LogP contribution in [0.15, 0.2) is 29.6 Å². The molecule has 2 rings (SSSR count). The molecule has 0 bridgehead atoms. The van der Waals surface area contributed by atoms with E-state index in [1.165, 1.54) is 23.6 Å². The number of nitriles is 1. The van der Waals surface area contributed by atoms with Gasteiger partial charge in [-0.15, -0.1) is 5.10 Å². The summed E-state index contributed by atoms with van der Waals surface area (Å²) in [5, 5.41) is 17.3. The number of aromatic nitrogens is 4. The average molecular weight is 289 g/mol. The minimum absolute atomic E-state index is 0.0380. The molecule has 2 aromatic rings. The first-order valence-electron chi connectivity index (χ1n) is 5.66. The first kappa shape index (κ1) is 14.0. The highest BCUT2D eigenvalue weighted by molar-refractivity contribution is 7.98. The second-order valence-corrected chi connectivity index (χ2v) is 4.76. The van der Waals surface area contributed by atoms with Crippen LogP contribution in [0.2, 0.25) is 0 Å². The standard InChI is InChI=1S/C12H11N5O2S/c1-19-12(18)7-17-6-10(15-16-17)8-20-11-4-9(5-13)2-3-14-11/h2-4,6H,7-8H2,1H3. The smallest absolute Gasteiger partial charge is 0.327 e. The number of ether oxygens (including phenoxy) is 1. The van der Waals surface area contributed by atoms with E-state index in [1.807, 2.05) is 0 Å². The van der Waals surface area contributed by atoms with Crippen molar-refractivity contribution < 1.29 is 9.53 Å². The van der Waals surface area contributed by atoms with Gasteiger partial charge in [0.1, 0.15) is 6.54 Å². The van der Waals surface area contributed by atoms with Crippen molar-refractivity contribution in [1.29, 1.82) is 5.26 Å². The average Bonchev–Trinajstić information content (AvgIpc) is 2.92. The Kier molecular flexibility index (Phi) is 4.68. The predicted octanol–water partition coefficient (Wildman–Crippen LogP) is 1.01. The Labute approximate surface area is 119 Å². The second-order valence-electron chi connectivity index (χ2n) is 3.77. The van der Waals surface area contributed by atoms with E-state index in [0.717, 1.165) is 10.7 Å². The van der Waals surface area contributed by atoms with Gasteiger partial charge in [0.2, 0.25) is 0 Å². The molecule has 0 radical (unpaired) electrons. The molecule has 0 saturated heterocycles. The topological polar surface area (TPSA) is 93.7 Å². The maximum absolute atomic E-state index is 11.1. The van der Waals surface area contributed by atoms with Gasteiger partial charge >= 0.3 is 5.97 Å². The van der Waals surface area contributed by atoms with Crippen LogP contribution in [-0.4, -0.2) is 33.1 Å². The fraction of sp³-hybridized carbons (Fsp3) is 0.250. The summed E-state index contributed by atoms with van der Waals surface area (Å²) in [6, 6.07) is 5.42. The predicted molar refractivity (Wildman–Crippen MR) is 70.6 cm³/mol. The lowest BCUT2D eigenvalue weighted by molar-refractivity contribution is -0.141. The van der Waals surface area contributed by atoms with Crippen LogP contribution >= 0.6 is 11.8 Å². The van der Waals surface area contributed by atoms with Gasteiger partial charge < -0.3 is 4.74 Å². The van der Waals surface area contributed by atoms with Crippen molar-refractivity contribution in [2.75, 3.05) is 7.11 Å². The SMILES string of the molecule is COC(=O)Cn1cc(CSc2cc(C#N)ccn2)nn1. The molecule has 2 heterocycles. The third-order valence-electron chi connectivity index (χ3n) is 2.34. The first-order chi connectivity index (χ1) is 9.71. The van der Waals surface area contributed by atoms with Gasteiger partial charge in [0, 0.05) is 18.1 Å². The van der Waals surface area contributed by atoms with Gasteiger partial charge in [-0.2, -0.15) is 5.26 Å². The number of esters is 1. The van der Waals surface area contributed by atoms with E-state index >= 15 is 0 Å². The number of carbonyl (C=O) groups is 1. The van der Waals surface area contributed by atoms with Crippen molar-refractivity contribution in [2.24, 2.45) is 0 Å². The maximum atomic E-state index is 11.1. The van der Waals surface area contributed by atoms with Gasteiger partial charge in [-0.25, -0.2) is 9.67 Å². The third-order valence-corrected chi connectivity index (χ3v) is 3.30. The summed E-state index contributed by atoms with van der Waals surface area (Å²) in [4.78, 5) is 15.2. The summed E-state index contributed by atoms with van der Waals surface area (Å²) < 4.78 is 5.96. The highest BCUT2D eigenvalue weighted by atomic mass is 32.2. The Morgan fingerprint density at radius 2 is 2.45 bits per heavy atom. The molecule has 0 saturated carbocycles. The van der Waals surface area contributed by atoms with E-state index in [-0.39, 0.29) is 12.5 Å². The number of pyridine rings is 1. The zero-order valence-corrected chi connectivity index (χ0v) is 11.5. The highest BCUT2D eigenvalue weighted by Crippen LogP contribution is 2.20. The largest absolute Gasteiger partial charge is 0.468 e. The summed E-state index contributed by atoms with van der Waals surface area (Å²) in [5.41, 5.74) is 1.29. The van der Waals surface area contributed by atoms with Crippen LogP contribution in [0.1, 0.15) is 11.3 Å². The van der Waals surface area contributed by atoms with Gasteiger partial charge in [-0.1, -0.05) is 17.0 Å². The molecule has 0 aliphatic rings. The van der Waals surface area contributed by atoms with E-state index in [0.29, 0.717) is 11.3 Å². The van der Waals surface area contributed by atoms with Gasteiger partial charge in [0.15, 0.2) is 0 Å². The second kappa shape index (κ2) is 6.68. The van der Waals surface area contributed by atoms with Crippen molar-refractivity contribution in [3.63, 3.8) is 0 Å². The molecule has 0 atom stereocenters. The van der Waals surface area contributed by atoms with Crippen molar-refractivity contribution >= 4 is 17.7 Å². The molecule has 0 spiro atoms. The first-order valence-corrected chi connectivity index (χ1v) is 6.64. The minimum Gasteiger partial charge on any atom is -0.468 e. The maximum Gasteiger partial charge on any atom is 0.327 e. The lowest BCUT2D eigenvalue weighted by Crippen LogP contribution is -2.11. The monoisotopic (exact) mass is 289 g/mol. The number of nitrogens with zero attached hydrogens (tertiary/aromatic N) is 5. The van der Waals surface area contributed by atoms with Crippen LogP contribution in [0.4, 0.5) is 0 Å². The van der Waals surface area contributed by atoms with E-state index in [2.05, 4.69) is 26.1 Å². The number of methoxy groups -OCH3 is 1. The molecule has 0 aliphatic heterocycles. The Morgan fingerprint density at radius 1 is 1.60 bits per heavy atom. The molecule has 20 heavy (non-hydrogen) atoms. The van der Waals surface area contributed by atoms with Gasteiger partial charge in [0.05, 0.1) is 29.5 Å². The Balaban J connectivity index is 1.94. The lowest BCUT2D eigenvalue weighted by atomic mass is 10.3. The highest BCUT2D eigenvalue weighted by Gasteiger charge is 2.07. The number of thioether (sulfide) groups is 1. The molecule has 0 aromatic carbocycles. The molecular formula is C12H11N5O2S. The third kappa shape index (κ3) is 3.80. The van der Waals surface area contributed by atoms with Crippen molar-refractivity contribution in [3.8, 4) is 6.07 Å². The normalized spacial score (nSPS) is 10.0. The molecule has 7 nitrogen and oxygen atoms in total. The van der Waals surface area contributed by atoms with E-state index < -0.39 is 0 Å². The van der Waals surface area contributed by atoms with Crippen LogP contribution in [0, 0.1) is 11.3 Å². The fourth-order valence-corrected chi connectivity index (χ4v) is 2.16. The summed E-state index contributed by atoms with van der Waals surface area (Å²) >= 11 is 1.45. The van der Waals surface area contributed by atoms with Crippen molar-refractivity contribution in [2.45, 2.75) is 17.3 Å². The summed E-state index contributed by atoms with van der Waals surface area (Å²) in [7, 11) is 1.32. The fourth-order valence-electron chi connectivity index (χ4n) is 1.38. The van der Waals surface area contributed by atoms with Crippen LogP contribution in [-0.2, 0) is 21.8 Å². The van der Waals surface area contributed by atoms with Crippen LogP contribution in [0.3, 0.4) is 0 Å². The molecule has 0 N–H and O–H groups in total. The molecule has 0 unspecified atom stereocenters. The van der Waals surface area contributed by atoms with E-state index in [1.54, 1.807) is 24.5 Å². The van der Waals surface area contributed by atoms with Crippen LogP contribution in [0.25, 0.3) is 0 Å². The van der Waals surface area contributed by atoms with Crippen molar-refractivity contribution in [3.05, 3.63) is 35.8 Å². The Bertz CT molecular complexity index is 649.